The molecule has 18 heteroatoms. The van der Waals surface area contributed by atoms with Gasteiger partial charge >= 0.3 is 6.09 Å². The van der Waals surface area contributed by atoms with Crippen LogP contribution in [0.5, 0.6) is 0 Å². The van der Waals surface area contributed by atoms with Gasteiger partial charge in [0.25, 0.3) is 22.9 Å². The summed E-state index contributed by atoms with van der Waals surface area (Å²) >= 11 is 0. The highest BCUT2D eigenvalue weighted by Crippen LogP contribution is 2.33. The van der Waals surface area contributed by atoms with Crippen LogP contribution in [0.3, 0.4) is 0 Å². The van der Waals surface area contributed by atoms with Crippen molar-refractivity contribution in [2.24, 2.45) is 0 Å². The van der Waals surface area contributed by atoms with E-state index in [-0.39, 0.29) is 66.0 Å². The van der Waals surface area contributed by atoms with Crippen LogP contribution in [-0.4, -0.2) is 163 Å². The quantitative estimate of drug-likeness (QED) is 0.0666. The van der Waals surface area contributed by atoms with Crippen molar-refractivity contribution < 1.29 is 28.6 Å². The normalized spacial score (nSPS) is 19.4. The zero-order valence-corrected chi connectivity index (χ0v) is 57.8. The number of hydrogen-bond acceptors (Lipinski definition) is 13. The van der Waals surface area contributed by atoms with Gasteiger partial charge in [-0.25, -0.2) is 4.79 Å². The zero-order valence-electron chi connectivity index (χ0n) is 57.8. The molecule has 91 heavy (non-hydrogen) atoms. The largest absolute Gasteiger partial charge is 0.444 e. The van der Waals surface area contributed by atoms with E-state index in [9.17, 15) is 24.0 Å². The van der Waals surface area contributed by atoms with Gasteiger partial charge in [0.2, 0.25) is 0 Å². The Bertz CT molecular complexity index is 3400. The van der Waals surface area contributed by atoms with Crippen LogP contribution in [0.2, 0.25) is 0 Å². The van der Waals surface area contributed by atoms with Gasteiger partial charge in [-0.3, -0.25) is 29.0 Å². The van der Waals surface area contributed by atoms with E-state index < -0.39 is 5.60 Å². The number of H-pyrrole nitrogens is 2. The van der Waals surface area contributed by atoms with Gasteiger partial charge in [-0.2, -0.15) is 0 Å². The summed E-state index contributed by atoms with van der Waals surface area (Å²) in [5.74, 6) is 13.4. The lowest BCUT2D eigenvalue weighted by Crippen LogP contribution is -2.59. The highest BCUT2D eigenvalue weighted by Gasteiger charge is 2.36. The number of pyridine rings is 2. The minimum absolute atomic E-state index is 0.0174. The van der Waals surface area contributed by atoms with Crippen molar-refractivity contribution in [3.63, 3.8) is 0 Å². The number of anilines is 2. The van der Waals surface area contributed by atoms with Gasteiger partial charge in [-0.1, -0.05) is 51.4 Å². The van der Waals surface area contributed by atoms with Gasteiger partial charge < -0.3 is 54.8 Å². The van der Waals surface area contributed by atoms with Crippen molar-refractivity contribution in [2.75, 3.05) is 88.6 Å². The zero-order chi connectivity index (χ0) is 66.4. The number of benzene rings is 2. The van der Waals surface area contributed by atoms with Crippen LogP contribution in [-0.2, 0) is 27.3 Å². The van der Waals surface area contributed by atoms with Crippen LogP contribution in [0.1, 0.15) is 204 Å². The number of aromatic nitrogens is 2. The molecule has 6 heterocycles. The first-order chi connectivity index (χ1) is 43.2. The van der Waals surface area contributed by atoms with Crippen LogP contribution < -0.4 is 36.9 Å². The van der Waals surface area contributed by atoms with Crippen LogP contribution in [0.4, 0.5) is 16.2 Å². The summed E-state index contributed by atoms with van der Waals surface area (Å²) in [6, 6.07) is 13.5. The van der Waals surface area contributed by atoms with E-state index in [1.54, 1.807) is 0 Å². The Morgan fingerprint density at radius 3 is 1.36 bits per heavy atom. The molecule has 0 aliphatic carbocycles. The van der Waals surface area contributed by atoms with Gasteiger partial charge in [0, 0.05) is 171 Å². The first kappa shape index (κ1) is 71.5. The lowest BCUT2D eigenvalue weighted by Gasteiger charge is -2.44. The first-order valence-corrected chi connectivity index (χ1v) is 33.4. The lowest BCUT2D eigenvalue weighted by molar-refractivity contribution is -0.0130. The maximum absolute atomic E-state index is 13.9. The number of aryl methyl sites for hydroxylation is 2. The van der Waals surface area contributed by atoms with Gasteiger partial charge in [-0.15, -0.1) is 0 Å². The van der Waals surface area contributed by atoms with E-state index in [0.717, 1.165) is 121 Å². The average Bonchev–Trinajstić information content (AvgIpc) is 1.14. The van der Waals surface area contributed by atoms with Crippen LogP contribution >= 0.6 is 0 Å². The molecule has 0 unspecified atom stereocenters. The molecule has 0 bridgehead atoms. The van der Waals surface area contributed by atoms with Crippen molar-refractivity contribution in [3.05, 3.63) is 124 Å². The fourth-order valence-electron chi connectivity index (χ4n) is 13.6. The summed E-state index contributed by atoms with van der Waals surface area (Å²) in [6.45, 7) is 43.8. The number of carbonyl (C=O) groups is 3. The third kappa shape index (κ3) is 19.3. The van der Waals surface area contributed by atoms with E-state index >= 15 is 0 Å². The number of piperazine rings is 2. The van der Waals surface area contributed by atoms with Crippen molar-refractivity contribution in [1.82, 2.24) is 40.6 Å². The second-order valence-electron chi connectivity index (χ2n) is 27.2. The predicted octanol–water partition coefficient (Wildman–Crippen LogP) is 9.82. The Kier molecular flexibility index (Phi) is 25.6. The fraction of sp³-hybridized carbons (Fsp3) is 0.603. The first-order valence-electron chi connectivity index (χ1n) is 33.4. The Hall–Kier alpha value is -6.93. The average molecular weight is 1250 g/mol. The fourth-order valence-corrected chi connectivity index (χ4v) is 13.6. The molecular weight excluding hydrogens is 1140 g/mol. The van der Waals surface area contributed by atoms with Gasteiger partial charge in [0.15, 0.2) is 0 Å². The predicted molar refractivity (Wildman–Crippen MR) is 366 cm³/mol. The molecule has 3 amide bonds. The van der Waals surface area contributed by atoms with Gasteiger partial charge in [-0.05, 0) is 186 Å². The Morgan fingerprint density at radius 1 is 0.615 bits per heavy atom. The summed E-state index contributed by atoms with van der Waals surface area (Å²) in [5, 5.41) is 9.68. The molecule has 0 radical (unpaired) electrons. The number of nitrogens with zero attached hydrogens (tertiary/aromatic N) is 5. The summed E-state index contributed by atoms with van der Waals surface area (Å²) in [6.07, 6.45) is 3.47. The Balaban J connectivity index is 0.000000261. The molecule has 4 fully saturated rings. The third-order valence-electron chi connectivity index (χ3n) is 17.8. The van der Waals surface area contributed by atoms with E-state index in [0.29, 0.717) is 85.8 Å². The van der Waals surface area contributed by atoms with E-state index in [2.05, 4.69) is 137 Å². The van der Waals surface area contributed by atoms with E-state index in [1.807, 2.05) is 91.5 Å². The summed E-state index contributed by atoms with van der Waals surface area (Å²) in [5.41, 5.74) is 10.4. The second kappa shape index (κ2) is 32.6. The monoisotopic (exact) mass is 1250 g/mol. The summed E-state index contributed by atoms with van der Waals surface area (Å²) < 4.78 is 17.0. The molecule has 0 spiro atoms. The van der Waals surface area contributed by atoms with Crippen LogP contribution in [0, 0.1) is 51.4 Å². The van der Waals surface area contributed by atoms with Gasteiger partial charge in [0.1, 0.15) is 5.60 Å². The molecule has 5 N–H and O–H groups in total. The Morgan fingerprint density at radius 2 is 1.00 bits per heavy atom. The molecule has 8 rings (SSSR count). The Labute approximate surface area is 542 Å². The van der Waals surface area contributed by atoms with Gasteiger partial charge in [0.05, 0.1) is 13.1 Å². The van der Waals surface area contributed by atoms with Crippen molar-refractivity contribution in [3.8, 4) is 23.7 Å². The number of amides is 3. The van der Waals surface area contributed by atoms with Crippen molar-refractivity contribution in [2.45, 2.75) is 210 Å². The molecule has 2 aromatic carbocycles. The SMILES string of the molecule is CCN(c1cc(C#CCN2C[C@@H](C)N(C(=O)OC(C)(C)C)[C@@H](C)C2)cc(C(=O)NCc2c(C(C)C)cc(C)[nH]c2=O)c1C)C1CCOCC1.CCN(c1cc(C#CCN2C[C@@H](C)N[C@@H](C)C2)cc(C(=O)NCc2c(C(C)C)cc(C)[nH]c2=O)c1C)C1CCOCC1. The third-order valence-corrected chi connectivity index (χ3v) is 17.8. The number of ether oxygens (including phenoxy) is 3. The van der Waals surface area contributed by atoms with E-state index in [4.69, 9.17) is 14.2 Å². The number of hydrogen-bond donors (Lipinski definition) is 5. The summed E-state index contributed by atoms with van der Waals surface area (Å²) in [7, 11) is 0. The number of rotatable bonds is 16. The molecule has 4 aliphatic heterocycles. The van der Waals surface area contributed by atoms with E-state index in [1.165, 1.54) is 0 Å². The maximum Gasteiger partial charge on any atom is 0.410 e. The molecule has 4 aliphatic rings. The molecule has 2 aromatic heterocycles. The molecular formula is C73H106N10O8. The molecule has 4 aromatic rings. The molecule has 0 saturated carbocycles. The minimum atomic E-state index is -0.546. The molecule has 4 saturated heterocycles. The second-order valence-corrected chi connectivity index (χ2v) is 27.2. The van der Waals surface area contributed by atoms with Crippen LogP contribution in [0.15, 0.2) is 46.0 Å². The number of nitrogens with one attached hydrogen (secondary N) is 5. The topological polar surface area (TPSA) is 197 Å². The molecule has 18 nitrogen and oxygen atoms in total. The maximum atomic E-state index is 13.9. The van der Waals surface area contributed by atoms with Crippen molar-refractivity contribution in [1.29, 1.82) is 0 Å². The smallest absolute Gasteiger partial charge is 0.410 e. The molecule has 4 atom stereocenters. The number of carbonyl (C=O) groups excluding carboxylic acids is 3. The lowest BCUT2D eigenvalue weighted by atomic mass is 9.97. The minimum Gasteiger partial charge on any atom is -0.444 e. The standard InChI is InChI=1S/C39H57N5O5.C34H49N5O3/c1-11-43(31-14-17-48-18-15-31)35-21-30(13-12-16-42-23-27(5)44(28(6)24-42)38(47)49-39(8,9)10)20-33(29(35)7)36(45)40-22-34-32(25(2)3)19-26(4)41-37(34)46;1-8-39(28-11-14-42-15-12-28)32-18-27(10-9-13-38-20-24(5)36-25(6)21-38)17-30(26(32)7)33(40)35-19-31-29(22(2)3)16-23(4)37-34(31)41/h19-21,25,27-28,31H,11,14-18,22-24H2,1-10H3,(H,40,45)(H,41,46);16-18,22,24-25,28,36H,8,11-15,19-21H2,1-7H3,(H,35,40)(H,37,41)/t27-,28+;24-,25+. The highest BCUT2D eigenvalue weighted by molar-refractivity contribution is 5.98. The highest BCUT2D eigenvalue weighted by atomic mass is 16.6. The van der Waals surface area contributed by atoms with Crippen LogP contribution in [0.25, 0.3) is 0 Å². The molecule has 496 valence electrons. The van der Waals surface area contributed by atoms with Crippen molar-refractivity contribution >= 4 is 29.3 Å². The number of aromatic amines is 2. The summed E-state index contributed by atoms with van der Waals surface area (Å²) in [4.78, 5) is 83.3.